The molecule has 24 nitrogen and oxygen atoms in total. The van der Waals surface area contributed by atoms with E-state index in [4.69, 9.17) is 23.7 Å². The highest BCUT2D eigenvalue weighted by Crippen LogP contribution is 2.41. The van der Waals surface area contributed by atoms with Crippen LogP contribution >= 0.6 is 15.9 Å². The topological polar surface area (TPSA) is 296 Å². The van der Waals surface area contributed by atoms with Gasteiger partial charge in [-0.25, -0.2) is 42.5 Å². The minimum atomic E-state index is -1.32. The van der Waals surface area contributed by atoms with Crippen molar-refractivity contribution < 1.29 is 85.1 Å². The largest absolute Gasteiger partial charge is 0.491 e. The molecule has 3 aliphatic heterocycles. The predicted molar refractivity (Wildman–Crippen MR) is 442 cm³/mol. The van der Waals surface area contributed by atoms with Gasteiger partial charge < -0.3 is 49.2 Å². The Labute approximate surface area is 689 Å². The lowest BCUT2D eigenvalue weighted by Crippen LogP contribution is -2.34. The molecule has 0 fully saturated rings. The van der Waals surface area contributed by atoms with Crippen LogP contribution in [-0.4, -0.2) is 122 Å². The van der Waals surface area contributed by atoms with Crippen molar-refractivity contribution in [2.75, 3.05) is 78.4 Å². The number of carboxylic acid groups (broad SMARTS) is 1. The number of ether oxygens (including phenoxy) is 5. The molecular formula is C91H75BrF3N9O15. The number of methoxy groups -OCH3 is 2. The molecule has 0 spiro atoms. The van der Waals surface area contributed by atoms with Gasteiger partial charge in [0.2, 0.25) is 35.4 Å². The summed E-state index contributed by atoms with van der Waals surface area (Å²) in [6.45, 7) is 0.548. The first-order valence-electron chi connectivity index (χ1n) is 37.0. The first kappa shape index (κ1) is 83.9. The van der Waals surface area contributed by atoms with Gasteiger partial charge in [-0.1, -0.05) is 188 Å². The highest BCUT2D eigenvalue weighted by molar-refractivity contribution is 9.10. The molecule has 0 saturated heterocycles. The molecule has 9 aromatic carbocycles. The van der Waals surface area contributed by atoms with Gasteiger partial charge in [0.1, 0.15) is 51.8 Å². The van der Waals surface area contributed by atoms with Crippen LogP contribution in [0.4, 0.5) is 58.9 Å². The maximum Gasteiger partial charge on any atom is 0.340 e. The van der Waals surface area contributed by atoms with Crippen LogP contribution in [0.2, 0.25) is 0 Å². The molecule has 0 atom stereocenters. The van der Waals surface area contributed by atoms with E-state index in [1.165, 1.54) is 103 Å². The normalized spacial score (nSPS) is 12.6. The highest BCUT2D eigenvalue weighted by atomic mass is 79.9. The number of nitrogens with one attached hydrogen (secondary N) is 2. The van der Waals surface area contributed by atoms with E-state index in [2.05, 4.69) is 41.5 Å². The number of carbonyl (C=O) groups is 9. The van der Waals surface area contributed by atoms with Crippen molar-refractivity contribution in [3.05, 3.63) is 351 Å². The molecule has 12 aromatic rings. The molecule has 0 aliphatic carbocycles. The molecule has 0 saturated carbocycles. The summed E-state index contributed by atoms with van der Waals surface area (Å²) in [6, 6.07) is 71.9. The molecular weight excluding hydrogens is 1600 g/mol. The number of hydrogen-bond donors (Lipinski definition) is 3. The van der Waals surface area contributed by atoms with Crippen LogP contribution in [0.5, 0.6) is 11.5 Å². The van der Waals surface area contributed by atoms with E-state index in [1.54, 1.807) is 19.2 Å². The second-order valence-corrected chi connectivity index (χ2v) is 27.5. The number of aromatic carboxylic acids is 1. The van der Waals surface area contributed by atoms with E-state index in [0.29, 0.717) is 28.3 Å². The van der Waals surface area contributed by atoms with Crippen molar-refractivity contribution in [3.8, 4) is 11.5 Å². The van der Waals surface area contributed by atoms with E-state index in [9.17, 15) is 61.4 Å². The third-order valence-electron chi connectivity index (χ3n) is 19.1. The van der Waals surface area contributed by atoms with Crippen LogP contribution in [-0.2, 0) is 49.6 Å². The number of nitrogens with zero attached hydrogens (tertiary/aromatic N) is 7. The summed E-state index contributed by atoms with van der Waals surface area (Å²) >= 11 is 3.26. The Morgan fingerprint density at radius 2 is 0.866 bits per heavy atom. The lowest BCUT2D eigenvalue weighted by atomic mass is 9.90. The summed E-state index contributed by atoms with van der Waals surface area (Å²) in [5, 5.41) is 15.5. The lowest BCUT2D eigenvalue weighted by molar-refractivity contribution is -0.121. The van der Waals surface area contributed by atoms with Gasteiger partial charge in [0.25, 0.3) is 0 Å². The van der Waals surface area contributed by atoms with Gasteiger partial charge in [-0.05, 0) is 104 Å². The Balaban J connectivity index is 0.000000154. The summed E-state index contributed by atoms with van der Waals surface area (Å²) in [4.78, 5) is 133. The smallest absolute Gasteiger partial charge is 0.340 e. The number of amides is 6. The summed E-state index contributed by atoms with van der Waals surface area (Å²) < 4.78 is 67.6. The zero-order valence-electron chi connectivity index (χ0n) is 64.3. The number of esters is 2. The quantitative estimate of drug-likeness (QED) is 0.0564. The van der Waals surface area contributed by atoms with E-state index < -0.39 is 65.0 Å². The zero-order valence-corrected chi connectivity index (χ0v) is 65.8. The van der Waals surface area contributed by atoms with Crippen molar-refractivity contribution in [2.24, 2.45) is 0 Å². The molecule has 0 radical (unpaired) electrons. The van der Waals surface area contributed by atoms with Crippen LogP contribution in [0, 0.1) is 17.5 Å². The van der Waals surface area contributed by atoms with Gasteiger partial charge in [-0.3, -0.25) is 38.6 Å². The average molecular weight is 1670 g/mol. The fraction of sp³-hybridized carbons (Fsp3) is 0.143. The summed E-state index contributed by atoms with van der Waals surface area (Å²) in [6.07, 6.45) is 4.00. The fourth-order valence-corrected chi connectivity index (χ4v) is 13.7. The van der Waals surface area contributed by atoms with Crippen LogP contribution < -0.4 is 39.7 Å². The van der Waals surface area contributed by atoms with Crippen molar-refractivity contribution >= 4 is 115 Å². The maximum atomic E-state index is 14.1. The first-order valence-corrected chi connectivity index (χ1v) is 37.8. The number of fused-ring (bicyclic) bond motifs is 3. The zero-order chi connectivity index (χ0) is 84.2. The van der Waals surface area contributed by atoms with E-state index in [-0.39, 0.29) is 113 Å². The van der Waals surface area contributed by atoms with Gasteiger partial charge >= 0.3 is 17.9 Å². The molecule has 3 aromatic heterocycles. The van der Waals surface area contributed by atoms with Gasteiger partial charge in [0.05, 0.1) is 128 Å². The van der Waals surface area contributed by atoms with Crippen LogP contribution in [0.3, 0.4) is 0 Å². The SMILES string of the molecule is CN(C(=O)C(c1ccccc1)c1ccccc1)c1cnc(N2C(=O)CCOc3ccc(F)cc32)cc1C(=O)O.COC(=O)c1cc(Br)ncc1N(C)C(=O)C(c1ccccc1)c1ccccc1.COC(=O)c1cc(N2C(=O)CCOc3ccc(F)cc32)ncc1NC(=O)C(c1ccccc1)c1ccccc1.O=C1COCc2ccc(F)cc2N1. The number of benzene rings is 9. The van der Waals surface area contributed by atoms with Crippen molar-refractivity contribution in [3.63, 3.8) is 0 Å². The molecule has 6 amide bonds. The minimum Gasteiger partial charge on any atom is -0.491 e. The Kier molecular flexibility index (Phi) is 27.7. The summed E-state index contributed by atoms with van der Waals surface area (Å²) in [5.41, 5.74) is 6.87. The molecule has 6 heterocycles. The molecule has 0 bridgehead atoms. The van der Waals surface area contributed by atoms with Gasteiger partial charge in [0, 0.05) is 37.5 Å². The number of hydrogen-bond acceptors (Lipinski definition) is 17. The Morgan fingerprint density at radius 3 is 1.30 bits per heavy atom. The van der Waals surface area contributed by atoms with Crippen molar-refractivity contribution in [1.29, 1.82) is 0 Å². The summed E-state index contributed by atoms with van der Waals surface area (Å²) in [5.74, 6) is -7.41. The van der Waals surface area contributed by atoms with Crippen molar-refractivity contribution in [2.45, 2.75) is 37.2 Å². The van der Waals surface area contributed by atoms with Crippen molar-refractivity contribution in [1.82, 2.24) is 15.0 Å². The third kappa shape index (κ3) is 20.2. The number of carbonyl (C=O) groups excluding carboxylic acids is 8. The lowest BCUT2D eigenvalue weighted by Gasteiger charge is -2.27. The third-order valence-corrected chi connectivity index (χ3v) is 19.5. The number of aromatic nitrogens is 3. The fourth-order valence-electron chi connectivity index (χ4n) is 13.4. The number of anilines is 8. The second kappa shape index (κ2) is 39.2. The standard InChI is InChI=1S/2C30H24FN3O5.C22H19BrN2O3.C9H8FNO2/c1-38-30(37)22-17-26(34-24-16-21(31)12-13-25(24)39-15-14-27(34)35)32-18-23(22)33-29(36)28(19-8-4-2-5-9-19)20-10-6-3-7-11-20;1-33(29(36)28(19-8-4-2-5-9-19)20-10-6-3-7-11-20)24-18-32-26(17-22(24)30(37)38)34-23-16-21(31)12-13-25(23)39-15-14-27(34)35;1-25(18-14-24-19(23)13-17(18)22(27)28-2)21(26)20(15-9-5-3-6-10-15)16-11-7-4-8-12-16;10-7-2-1-6-4-13-5-9(12)11-8(6)3-7/h2-13,16-18,28H,14-15H2,1H3,(H,33,36);2-13,16-18,28H,14-15H2,1H3,(H,37,38);3-14,20H,1-2H3;1-3H,4-5H2,(H,11,12). The Bertz CT molecular complexity index is 5600. The number of carboxylic acids is 1. The van der Waals surface area contributed by atoms with E-state index in [0.717, 1.165) is 56.0 Å². The van der Waals surface area contributed by atoms with Gasteiger partial charge in [-0.15, -0.1) is 0 Å². The first-order chi connectivity index (χ1) is 57.6. The average Bonchev–Trinajstić information content (AvgIpc) is 1.77. The maximum absolute atomic E-state index is 14.1. The predicted octanol–water partition coefficient (Wildman–Crippen LogP) is 16.1. The number of halogens is 4. The Morgan fingerprint density at radius 1 is 0.479 bits per heavy atom. The summed E-state index contributed by atoms with van der Waals surface area (Å²) in [7, 11) is 5.64. The minimum absolute atomic E-state index is 0.0137. The van der Waals surface area contributed by atoms with Gasteiger partial charge in [0.15, 0.2) is 0 Å². The highest BCUT2D eigenvalue weighted by Gasteiger charge is 2.35. The molecule has 119 heavy (non-hydrogen) atoms. The Hall–Kier alpha value is -14.5. The van der Waals surface area contributed by atoms with Crippen LogP contribution in [0.15, 0.2) is 278 Å². The molecule has 3 aliphatic rings. The van der Waals surface area contributed by atoms with Crippen LogP contribution in [0.25, 0.3) is 0 Å². The molecule has 3 N–H and O–H groups in total. The second-order valence-electron chi connectivity index (χ2n) is 26.7. The van der Waals surface area contributed by atoms with Crippen LogP contribution in [0.1, 0.15) is 101 Å². The number of rotatable bonds is 17. The molecule has 0 unspecified atom stereocenters. The molecule has 28 heteroatoms. The van der Waals surface area contributed by atoms with E-state index in [1.807, 2.05) is 182 Å². The molecule has 602 valence electrons. The van der Waals surface area contributed by atoms with E-state index >= 15 is 0 Å². The number of likely N-dealkylation sites (N-methyl/N-ethyl adjacent to an activating group) is 2. The molecule has 15 rings (SSSR count). The monoisotopic (exact) mass is 1670 g/mol. The van der Waals surface area contributed by atoms with Gasteiger partial charge in [-0.2, -0.15) is 0 Å². The number of pyridine rings is 3.